The van der Waals surface area contributed by atoms with E-state index in [0.717, 1.165) is 6.42 Å². The van der Waals surface area contributed by atoms with Crippen LogP contribution in [0.25, 0.3) is 0 Å². The predicted octanol–water partition coefficient (Wildman–Crippen LogP) is 3.12. The molecule has 0 aromatic carbocycles. The molecule has 0 radical (unpaired) electrons. The molecule has 0 bridgehead atoms. The van der Waals surface area contributed by atoms with Crippen LogP contribution in [0.1, 0.15) is 58.3 Å². The Morgan fingerprint density at radius 3 is 2.38 bits per heavy atom. The fourth-order valence-electron chi connectivity index (χ4n) is 3.04. The number of aliphatic hydroxyl groups is 1. The second kappa shape index (κ2) is 3.61. The Morgan fingerprint density at radius 2 is 1.85 bits per heavy atom. The fraction of sp³-hybridized carbons (Fsp3) is 1.00. The van der Waals surface area contributed by atoms with Gasteiger partial charge in [-0.1, -0.05) is 26.2 Å². The molecule has 0 aromatic rings. The zero-order valence-electron chi connectivity index (χ0n) is 8.76. The molecule has 0 spiro atoms. The normalized spacial score (nSPS) is 38.3. The van der Waals surface area contributed by atoms with Crippen LogP contribution in [0.2, 0.25) is 0 Å². The van der Waals surface area contributed by atoms with Gasteiger partial charge >= 0.3 is 0 Å². The molecule has 2 fully saturated rings. The van der Waals surface area contributed by atoms with Crippen LogP contribution in [0.15, 0.2) is 0 Å². The van der Waals surface area contributed by atoms with Gasteiger partial charge in [0.1, 0.15) is 0 Å². The van der Waals surface area contributed by atoms with Gasteiger partial charge in [-0.25, -0.2) is 0 Å². The molecule has 2 saturated carbocycles. The first-order valence-corrected chi connectivity index (χ1v) is 5.88. The number of hydrogen-bond acceptors (Lipinski definition) is 1. The van der Waals surface area contributed by atoms with E-state index in [9.17, 15) is 5.11 Å². The largest absolute Gasteiger partial charge is 0.393 e. The van der Waals surface area contributed by atoms with E-state index in [4.69, 9.17) is 0 Å². The van der Waals surface area contributed by atoms with Gasteiger partial charge in [-0.2, -0.15) is 0 Å². The summed E-state index contributed by atoms with van der Waals surface area (Å²) >= 11 is 0. The molecule has 76 valence electrons. The highest BCUT2D eigenvalue weighted by molar-refractivity contribution is 4.88. The molecule has 0 heterocycles. The lowest BCUT2D eigenvalue weighted by molar-refractivity contribution is 0.0175. The van der Waals surface area contributed by atoms with Gasteiger partial charge in [-0.05, 0) is 43.4 Å². The third kappa shape index (κ3) is 2.07. The Morgan fingerprint density at radius 1 is 1.15 bits per heavy atom. The molecule has 0 saturated heterocycles. The SMILES string of the molecule is CC1(CC2CCCCC2O)CCC1. The molecule has 2 aliphatic carbocycles. The minimum atomic E-state index is 0.0196. The van der Waals surface area contributed by atoms with E-state index in [1.807, 2.05) is 0 Å². The number of rotatable bonds is 2. The van der Waals surface area contributed by atoms with E-state index >= 15 is 0 Å². The first-order chi connectivity index (χ1) is 6.20. The van der Waals surface area contributed by atoms with Crippen LogP contribution in [-0.2, 0) is 0 Å². The second-order valence-electron chi connectivity index (χ2n) is 5.48. The summed E-state index contributed by atoms with van der Waals surface area (Å²) in [5, 5.41) is 9.85. The Hall–Kier alpha value is -0.0400. The molecule has 1 heteroatoms. The standard InChI is InChI=1S/C12H22O/c1-12(7-4-8-12)9-10-5-2-3-6-11(10)13/h10-11,13H,2-9H2,1H3. The molecule has 2 unspecified atom stereocenters. The van der Waals surface area contributed by atoms with E-state index in [-0.39, 0.29) is 6.10 Å². The van der Waals surface area contributed by atoms with Gasteiger partial charge in [0.15, 0.2) is 0 Å². The monoisotopic (exact) mass is 182 g/mol. The van der Waals surface area contributed by atoms with Crippen molar-refractivity contribution < 1.29 is 5.11 Å². The van der Waals surface area contributed by atoms with Crippen molar-refractivity contribution >= 4 is 0 Å². The first kappa shape index (κ1) is 9.51. The summed E-state index contributed by atoms with van der Waals surface area (Å²) in [5.74, 6) is 0.624. The van der Waals surface area contributed by atoms with Crippen LogP contribution in [0.3, 0.4) is 0 Å². The second-order valence-corrected chi connectivity index (χ2v) is 5.48. The molecular weight excluding hydrogens is 160 g/mol. The Kier molecular flexibility index (Phi) is 2.64. The summed E-state index contributed by atoms with van der Waals surface area (Å²) in [5.41, 5.74) is 0.600. The Labute approximate surface area is 81.5 Å². The fourth-order valence-corrected chi connectivity index (χ4v) is 3.04. The van der Waals surface area contributed by atoms with E-state index < -0.39 is 0 Å². The van der Waals surface area contributed by atoms with Crippen molar-refractivity contribution in [2.24, 2.45) is 11.3 Å². The lowest BCUT2D eigenvalue weighted by Gasteiger charge is -2.43. The Bertz CT molecular complexity index is 172. The van der Waals surface area contributed by atoms with E-state index in [2.05, 4.69) is 6.92 Å². The minimum absolute atomic E-state index is 0.0196. The molecule has 0 aromatic heterocycles. The average Bonchev–Trinajstić information content (AvgIpc) is 2.06. The topological polar surface area (TPSA) is 20.2 Å². The summed E-state index contributed by atoms with van der Waals surface area (Å²) in [4.78, 5) is 0. The van der Waals surface area contributed by atoms with Gasteiger partial charge in [0, 0.05) is 0 Å². The zero-order valence-corrected chi connectivity index (χ0v) is 8.76. The summed E-state index contributed by atoms with van der Waals surface area (Å²) in [6.45, 7) is 2.40. The van der Waals surface area contributed by atoms with Gasteiger partial charge < -0.3 is 5.11 Å². The predicted molar refractivity (Wildman–Crippen MR) is 54.5 cm³/mol. The van der Waals surface area contributed by atoms with Gasteiger partial charge in [0.25, 0.3) is 0 Å². The van der Waals surface area contributed by atoms with Crippen molar-refractivity contribution in [3.05, 3.63) is 0 Å². The van der Waals surface area contributed by atoms with Crippen LogP contribution < -0.4 is 0 Å². The third-order valence-corrected chi connectivity index (χ3v) is 4.18. The summed E-state index contributed by atoms with van der Waals surface area (Å²) in [7, 11) is 0. The van der Waals surface area contributed by atoms with Crippen molar-refractivity contribution in [3.8, 4) is 0 Å². The molecule has 2 rings (SSSR count). The van der Waals surface area contributed by atoms with Crippen LogP contribution in [0.5, 0.6) is 0 Å². The highest BCUT2D eigenvalue weighted by Gasteiger charge is 2.36. The van der Waals surface area contributed by atoms with E-state index in [0.29, 0.717) is 11.3 Å². The van der Waals surface area contributed by atoms with Crippen LogP contribution in [0.4, 0.5) is 0 Å². The summed E-state index contributed by atoms with van der Waals surface area (Å²) < 4.78 is 0. The van der Waals surface area contributed by atoms with Gasteiger partial charge in [-0.15, -0.1) is 0 Å². The van der Waals surface area contributed by atoms with Crippen LogP contribution >= 0.6 is 0 Å². The van der Waals surface area contributed by atoms with Crippen molar-refractivity contribution in [3.63, 3.8) is 0 Å². The molecule has 1 N–H and O–H groups in total. The third-order valence-electron chi connectivity index (χ3n) is 4.18. The Balaban J connectivity index is 1.85. The molecule has 2 atom stereocenters. The van der Waals surface area contributed by atoms with Gasteiger partial charge in [0.05, 0.1) is 6.10 Å². The first-order valence-electron chi connectivity index (χ1n) is 5.88. The maximum absolute atomic E-state index is 9.85. The van der Waals surface area contributed by atoms with Crippen molar-refractivity contribution in [1.82, 2.24) is 0 Å². The van der Waals surface area contributed by atoms with Crippen LogP contribution in [0, 0.1) is 11.3 Å². The number of aliphatic hydroxyl groups excluding tert-OH is 1. The van der Waals surface area contributed by atoms with Gasteiger partial charge in [-0.3, -0.25) is 0 Å². The summed E-state index contributed by atoms with van der Waals surface area (Å²) in [6.07, 6.45) is 10.4. The van der Waals surface area contributed by atoms with E-state index in [1.54, 1.807) is 0 Å². The molecule has 13 heavy (non-hydrogen) atoms. The van der Waals surface area contributed by atoms with E-state index in [1.165, 1.54) is 44.9 Å². The maximum atomic E-state index is 9.85. The average molecular weight is 182 g/mol. The van der Waals surface area contributed by atoms with Crippen molar-refractivity contribution in [2.75, 3.05) is 0 Å². The molecular formula is C12H22O. The maximum Gasteiger partial charge on any atom is 0.0568 e. The zero-order chi connectivity index (χ0) is 9.31. The summed E-state index contributed by atoms with van der Waals surface area (Å²) in [6, 6.07) is 0. The molecule has 0 aliphatic heterocycles. The highest BCUT2D eigenvalue weighted by atomic mass is 16.3. The smallest absolute Gasteiger partial charge is 0.0568 e. The molecule has 1 nitrogen and oxygen atoms in total. The lowest BCUT2D eigenvalue weighted by atomic mass is 9.63. The quantitative estimate of drug-likeness (QED) is 0.695. The highest BCUT2D eigenvalue weighted by Crippen LogP contribution is 2.47. The van der Waals surface area contributed by atoms with Crippen molar-refractivity contribution in [1.29, 1.82) is 0 Å². The molecule has 0 amide bonds. The van der Waals surface area contributed by atoms with Crippen molar-refractivity contribution in [2.45, 2.75) is 64.4 Å². The molecule has 2 aliphatic rings. The number of hydrogen-bond donors (Lipinski definition) is 1. The van der Waals surface area contributed by atoms with Crippen LogP contribution in [-0.4, -0.2) is 11.2 Å². The minimum Gasteiger partial charge on any atom is -0.393 e. The van der Waals surface area contributed by atoms with Gasteiger partial charge in [0.2, 0.25) is 0 Å². The lowest BCUT2D eigenvalue weighted by Crippen LogP contribution is -2.34.